The molecule has 2 rings (SSSR count). The lowest BCUT2D eigenvalue weighted by Crippen LogP contribution is -2.10. The van der Waals surface area contributed by atoms with Crippen LogP contribution < -0.4 is 10.1 Å². The Hall–Kier alpha value is -1.93. The molecule has 1 aromatic carbocycles. The molecule has 2 aromatic rings. The number of aromatic nitrogens is 2. The van der Waals surface area contributed by atoms with Crippen molar-refractivity contribution in [3.63, 3.8) is 0 Å². The van der Waals surface area contributed by atoms with Crippen LogP contribution in [0.5, 0.6) is 5.75 Å². The Kier molecular flexibility index (Phi) is 5.70. The number of nitrogens with one attached hydrogen (secondary N) is 2. The van der Waals surface area contributed by atoms with Crippen LogP contribution in [0.1, 0.15) is 12.0 Å². The molecule has 1 heterocycles. The summed E-state index contributed by atoms with van der Waals surface area (Å²) in [5.41, 5.74) is 1.16. The maximum Gasteiger partial charge on any atom is 0.231 e. The van der Waals surface area contributed by atoms with Gasteiger partial charge in [0.05, 0.1) is 13.5 Å². The number of ether oxygens (including phenoxy) is 1. The number of methoxy groups -OCH3 is 1. The van der Waals surface area contributed by atoms with E-state index in [4.69, 9.17) is 10.1 Å². The Labute approximate surface area is 130 Å². The summed E-state index contributed by atoms with van der Waals surface area (Å²) in [5.74, 6) is 1.34. The zero-order valence-corrected chi connectivity index (χ0v) is 13.0. The summed E-state index contributed by atoms with van der Waals surface area (Å²) in [5, 5.41) is 17.8. The van der Waals surface area contributed by atoms with Gasteiger partial charge < -0.3 is 15.5 Å². The first-order valence-electron chi connectivity index (χ1n) is 6.09. The standard InChI is InChI=1S/C13H14N4O2S2/c1-19-10-4-2-9(3-5-10)8-20-13-17-16-12(21-13)15-11(18)6-7-14/h2-5,7,14H,6,8H2,1H3,(H,15,16,18). The molecule has 0 saturated heterocycles. The summed E-state index contributed by atoms with van der Waals surface area (Å²) < 4.78 is 5.90. The van der Waals surface area contributed by atoms with Gasteiger partial charge in [0.2, 0.25) is 11.0 Å². The lowest BCUT2D eigenvalue weighted by Gasteiger charge is -2.01. The van der Waals surface area contributed by atoms with Crippen molar-refractivity contribution in [2.45, 2.75) is 16.5 Å². The number of nitrogens with zero attached hydrogens (tertiary/aromatic N) is 2. The Balaban J connectivity index is 1.87. The number of benzene rings is 1. The number of thioether (sulfide) groups is 1. The molecular weight excluding hydrogens is 308 g/mol. The van der Waals surface area contributed by atoms with Crippen LogP contribution in [0.2, 0.25) is 0 Å². The molecule has 0 fully saturated rings. The van der Waals surface area contributed by atoms with Gasteiger partial charge in [-0.2, -0.15) is 0 Å². The largest absolute Gasteiger partial charge is 0.497 e. The summed E-state index contributed by atoms with van der Waals surface area (Å²) in [6, 6.07) is 7.83. The van der Waals surface area contributed by atoms with Crippen molar-refractivity contribution in [1.82, 2.24) is 10.2 Å². The molecule has 8 heteroatoms. The van der Waals surface area contributed by atoms with Crippen molar-refractivity contribution in [2.24, 2.45) is 0 Å². The van der Waals surface area contributed by atoms with Crippen LogP contribution in [0.4, 0.5) is 5.13 Å². The monoisotopic (exact) mass is 322 g/mol. The van der Waals surface area contributed by atoms with Gasteiger partial charge in [-0.15, -0.1) is 10.2 Å². The second-order valence-corrected chi connectivity index (χ2v) is 6.17. The van der Waals surface area contributed by atoms with Gasteiger partial charge in [0, 0.05) is 12.0 Å². The quantitative estimate of drug-likeness (QED) is 0.465. The molecule has 0 aliphatic heterocycles. The Morgan fingerprint density at radius 1 is 1.43 bits per heavy atom. The van der Waals surface area contributed by atoms with Crippen LogP contribution in [-0.4, -0.2) is 29.4 Å². The zero-order chi connectivity index (χ0) is 15.1. The van der Waals surface area contributed by atoms with E-state index in [9.17, 15) is 4.79 Å². The Morgan fingerprint density at radius 2 is 2.19 bits per heavy atom. The van der Waals surface area contributed by atoms with E-state index >= 15 is 0 Å². The summed E-state index contributed by atoms with van der Waals surface area (Å²) in [6.07, 6.45) is 1.10. The lowest BCUT2D eigenvalue weighted by atomic mass is 10.2. The third-order valence-corrected chi connectivity index (χ3v) is 4.50. The summed E-state index contributed by atoms with van der Waals surface area (Å²) >= 11 is 2.88. The molecule has 0 unspecified atom stereocenters. The molecule has 0 aliphatic carbocycles. The topological polar surface area (TPSA) is 88.0 Å². The Bertz CT molecular complexity index is 613. The fourth-order valence-corrected chi connectivity index (χ4v) is 3.17. The third-order valence-electron chi connectivity index (χ3n) is 2.46. The van der Waals surface area contributed by atoms with Crippen LogP contribution in [0.15, 0.2) is 28.6 Å². The summed E-state index contributed by atoms with van der Waals surface area (Å²) in [7, 11) is 1.64. The molecular formula is C13H14N4O2S2. The van der Waals surface area contributed by atoms with E-state index in [-0.39, 0.29) is 12.3 Å². The molecule has 21 heavy (non-hydrogen) atoms. The van der Waals surface area contributed by atoms with Gasteiger partial charge in [-0.05, 0) is 17.7 Å². The molecule has 0 saturated carbocycles. The minimum Gasteiger partial charge on any atom is -0.497 e. The van der Waals surface area contributed by atoms with Gasteiger partial charge in [0.15, 0.2) is 4.34 Å². The van der Waals surface area contributed by atoms with Crippen LogP contribution in [0.25, 0.3) is 0 Å². The summed E-state index contributed by atoms with van der Waals surface area (Å²) in [6.45, 7) is 0. The fourth-order valence-electron chi connectivity index (χ4n) is 1.45. The number of rotatable bonds is 7. The average Bonchev–Trinajstić information content (AvgIpc) is 2.93. The third kappa shape index (κ3) is 4.83. The zero-order valence-electron chi connectivity index (χ0n) is 11.3. The number of hydrogen-bond donors (Lipinski definition) is 2. The first-order chi connectivity index (χ1) is 10.2. The predicted octanol–water partition coefficient (Wildman–Crippen LogP) is 2.82. The minimum absolute atomic E-state index is 0.0495. The normalized spacial score (nSPS) is 10.1. The fraction of sp³-hybridized carbons (Fsp3) is 0.231. The molecule has 2 N–H and O–H groups in total. The second-order valence-electron chi connectivity index (χ2n) is 3.97. The summed E-state index contributed by atoms with van der Waals surface area (Å²) in [4.78, 5) is 11.3. The minimum atomic E-state index is -0.257. The average molecular weight is 322 g/mol. The van der Waals surface area contributed by atoms with E-state index in [1.807, 2.05) is 24.3 Å². The molecule has 1 aromatic heterocycles. The molecule has 0 bridgehead atoms. The molecule has 0 aliphatic rings. The first kappa shape index (κ1) is 15.5. The van der Waals surface area contributed by atoms with Crippen molar-refractivity contribution in [3.8, 4) is 5.75 Å². The molecule has 0 atom stereocenters. The predicted molar refractivity (Wildman–Crippen MR) is 84.5 cm³/mol. The van der Waals surface area contributed by atoms with E-state index in [1.54, 1.807) is 18.9 Å². The Morgan fingerprint density at radius 3 is 2.86 bits per heavy atom. The first-order valence-corrected chi connectivity index (χ1v) is 7.89. The highest BCUT2D eigenvalue weighted by Crippen LogP contribution is 2.28. The second kappa shape index (κ2) is 7.75. The van der Waals surface area contributed by atoms with E-state index in [0.29, 0.717) is 5.13 Å². The van der Waals surface area contributed by atoms with Gasteiger partial charge in [-0.1, -0.05) is 35.2 Å². The molecule has 6 nitrogen and oxygen atoms in total. The number of carbonyl (C=O) groups excluding carboxylic acids is 1. The SMILES string of the molecule is COc1ccc(CSc2nnc(NC(=O)CC=N)s2)cc1. The smallest absolute Gasteiger partial charge is 0.231 e. The van der Waals surface area contributed by atoms with E-state index in [0.717, 1.165) is 27.6 Å². The van der Waals surface area contributed by atoms with E-state index in [1.165, 1.54) is 11.3 Å². The molecule has 0 spiro atoms. The number of anilines is 1. The number of amides is 1. The highest BCUT2D eigenvalue weighted by Gasteiger charge is 2.08. The van der Waals surface area contributed by atoms with Gasteiger partial charge >= 0.3 is 0 Å². The highest BCUT2D eigenvalue weighted by molar-refractivity contribution is 8.00. The van der Waals surface area contributed by atoms with Gasteiger partial charge in [0.25, 0.3) is 0 Å². The molecule has 1 amide bonds. The number of hydrogen-bond acceptors (Lipinski definition) is 7. The van der Waals surface area contributed by atoms with Crippen molar-refractivity contribution >= 4 is 40.4 Å². The molecule has 0 radical (unpaired) electrons. The van der Waals surface area contributed by atoms with Crippen molar-refractivity contribution < 1.29 is 9.53 Å². The van der Waals surface area contributed by atoms with Gasteiger partial charge in [-0.3, -0.25) is 4.79 Å². The van der Waals surface area contributed by atoms with Crippen molar-refractivity contribution in [1.29, 1.82) is 5.41 Å². The highest BCUT2D eigenvalue weighted by atomic mass is 32.2. The maximum atomic E-state index is 11.3. The van der Waals surface area contributed by atoms with Gasteiger partial charge in [0.1, 0.15) is 5.75 Å². The van der Waals surface area contributed by atoms with Crippen LogP contribution in [0, 0.1) is 5.41 Å². The van der Waals surface area contributed by atoms with Crippen molar-refractivity contribution in [2.75, 3.05) is 12.4 Å². The van der Waals surface area contributed by atoms with Crippen LogP contribution in [-0.2, 0) is 10.5 Å². The van der Waals surface area contributed by atoms with Crippen molar-refractivity contribution in [3.05, 3.63) is 29.8 Å². The van der Waals surface area contributed by atoms with E-state index < -0.39 is 0 Å². The van der Waals surface area contributed by atoms with E-state index in [2.05, 4.69) is 15.5 Å². The van der Waals surface area contributed by atoms with Gasteiger partial charge in [-0.25, -0.2) is 0 Å². The van der Waals surface area contributed by atoms with Crippen LogP contribution in [0.3, 0.4) is 0 Å². The number of carbonyl (C=O) groups is 1. The molecule has 110 valence electrons. The lowest BCUT2D eigenvalue weighted by molar-refractivity contribution is -0.115. The van der Waals surface area contributed by atoms with Crippen LogP contribution >= 0.6 is 23.1 Å². The maximum absolute atomic E-state index is 11.3.